The smallest absolute Gasteiger partial charge is 0.241 e. The minimum Gasteiger partial charge on any atom is -0.353 e. The number of piperazine rings is 1. The predicted octanol–water partition coefficient (Wildman–Crippen LogP) is 0.820. The number of carbonyl (C=O) groups is 1. The van der Waals surface area contributed by atoms with Crippen LogP contribution in [0.5, 0.6) is 0 Å². The van der Waals surface area contributed by atoms with Gasteiger partial charge in [-0.1, -0.05) is 31.2 Å². The molecule has 1 N–H and O–H groups in total. The van der Waals surface area contributed by atoms with Gasteiger partial charge in [0.05, 0.1) is 5.52 Å². The summed E-state index contributed by atoms with van der Waals surface area (Å²) < 4.78 is 1.66. The second kappa shape index (κ2) is 7.93. The number of likely N-dealkylation sites (N-methyl/N-ethyl adjacent to an activating group) is 1. The van der Waals surface area contributed by atoms with Crippen LogP contribution in [-0.2, 0) is 11.3 Å². The molecule has 1 atom stereocenters. The van der Waals surface area contributed by atoms with Gasteiger partial charge >= 0.3 is 0 Å². The molecule has 0 saturated carbocycles. The largest absolute Gasteiger partial charge is 0.353 e. The monoisotopic (exact) mass is 344 g/mol. The highest BCUT2D eigenvalue weighted by molar-refractivity contribution is 5.79. The van der Waals surface area contributed by atoms with Crippen molar-refractivity contribution in [1.29, 1.82) is 0 Å². The molecule has 0 bridgehead atoms. The minimum absolute atomic E-state index is 0.0181. The molecule has 1 aliphatic rings. The van der Waals surface area contributed by atoms with Crippen LogP contribution in [0, 0.1) is 5.92 Å². The van der Waals surface area contributed by atoms with E-state index in [4.69, 9.17) is 0 Å². The van der Waals surface area contributed by atoms with E-state index in [1.54, 1.807) is 4.68 Å². The lowest BCUT2D eigenvalue weighted by Crippen LogP contribution is -2.54. The van der Waals surface area contributed by atoms with E-state index in [0.29, 0.717) is 18.5 Å². The zero-order chi connectivity index (χ0) is 17.8. The molecule has 1 aromatic carbocycles. The van der Waals surface area contributed by atoms with Crippen molar-refractivity contribution in [3.8, 4) is 0 Å². The van der Waals surface area contributed by atoms with Crippen molar-refractivity contribution in [2.45, 2.75) is 26.4 Å². The quantitative estimate of drug-likeness (QED) is 0.840. The van der Waals surface area contributed by atoms with E-state index in [1.807, 2.05) is 24.3 Å². The summed E-state index contributed by atoms with van der Waals surface area (Å²) in [6.07, 6.45) is 0. The number of para-hydroxylation sites is 1. The average Bonchev–Trinajstić information content (AvgIpc) is 2.99. The van der Waals surface area contributed by atoms with E-state index < -0.39 is 0 Å². The van der Waals surface area contributed by atoms with Crippen molar-refractivity contribution in [2.24, 2.45) is 5.92 Å². The summed E-state index contributed by atoms with van der Waals surface area (Å²) in [5, 5.41) is 11.3. The van der Waals surface area contributed by atoms with Crippen LogP contribution >= 0.6 is 0 Å². The highest BCUT2D eigenvalue weighted by Gasteiger charge is 2.25. The first-order chi connectivity index (χ1) is 12.0. The Morgan fingerprint density at radius 1 is 1.20 bits per heavy atom. The molecule has 2 aromatic rings. The van der Waals surface area contributed by atoms with Gasteiger partial charge in [-0.3, -0.25) is 9.69 Å². The maximum Gasteiger partial charge on any atom is 0.241 e. The van der Waals surface area contributed by atoms with Gasteiger partial charge in [-0.15, -0.1) is 5.10 Å². The molecule has 0 aliphatic carbocycles. The molecule has 25 heavy (non-hydrogen) atoms. The Balaban J connectivity index is 1.56. The molecule has 0 unspecified atom stereocenters. The number of rotatable bonds is 6. The Morgan fingerprint density at radius 3 is 2.64 bits per heavy atom. The molecule has 1 fully saturated rings. The Bertz CT molecular complexity index is 704. The zero-order valence-corrected chi connectivity index (χ0v) is 15.4. The normalized spacial score (nSPS) is 17.9. The lowest BCUT2D eigenvalue weighted by molar-refractivity contribution is -0.122. The SMILES string of the molecule is CC(C)[C@@H](CNC(=O)Cn1nnc2ccccc21)N1CCN(C)CC1. The van der Waals surface area contributed by atoms with Crippen LogP contribution in [0.4, 0.5) is 0 Å². The number of hydrogen-bond acceptors (Lipinski definition) is 5. The molecule has 1 amide bonds. The van der Waals surface area contributed by atoms with Crippen molar-refractivity contribution in [3.63, 3.8) is 0 Å². The number of nitrogens with zero attached hydrogens (tertiary/aromatic N) is 5. The van der Waals surface area contributed by atoms with Crippen LogP contribution < -0.4 is 5.32 Å². The zero-order valence-electron chi connectivity index (χ0n) is 15.4. The molecule has 136 valence electrons. The Kier molecular flexibility index (Phi) is 5.65. The van der Waals surface area contributed by atoms with Crippen LogP contribution in [0.15, 0.2) is 24.3 Å². The molecular weight excluding hydrogens is 316 g/mol. The van der Waals surface area contributed by atoms with Crippen molar-refractivity contribution < 1.29 is 4.79 Å². The molecule has 1 aliphatic heterocycles. The summed E-state index contributed by atoms with van der Waals surface area (Å²) in [5.74, 6) is 0.478. The molecule has 7 heteroatoms. The number of fused-ring (bicyclic) bond motifs is 1. The molecular formula is C18H28N6O. The fourth-order valence-electron chi connectivity index (χ4n) is 3.38. The van der Waals surface area contributed by atoms with E-state index in [-0.39, 0.29) is 12.5 Å². The number of aromatic nitrogens is 3. The summed E-state index contributed by atoms with van der Waals surface area (Å²) in [4.78, 5) is 17.2. The molecule has 2 heterocycles. The van der Waals surface area contributed by atoms with Gasteiger partial charge in [0.25, 0.3) is 0 Å². The average molecular weight is 344 g/mol. The Labute approximate surface area is 149 Å². The molecule has 7 nitrogen and oxygen atoms in total. The number of nitrogens with one attached hydrogen (secondary N) is 1. The minimum atomic E-state index is -0.0181. The molecule has 1 saturated heterocycles. The summed E-state index contributed by atoms with van der Waals surface area (Å²) >= 11 is 0. The lowest BCUT2D eigenvalue weighted by Gasteiger charge is -2.39. The van der Waals surface area contributed by atoms with Gasteiger partial charge < -0.3 is 10.2 Å². The van der Waals surface area contributed by atoms with Gasteiger partial charge in [0.2, 0.25) is 5.91 Å². The van der Waals surface area contributed by atoms with Crippen molar-refractivity contribution in [3.05, 3.63) is 24.3 Å². The number of amides is 1. The van der Waals surface area contributed by atoms with Crippen LogP contribution in [0.1, 0.15) is 13.8 Å². The third kappa shape index (κ3) is 4.35. The molecule has 1 aromatic heterocycles. The second-order valence-electron chi connectivity index (χ2n) is 7.19. The van der Waals surface area contributed by atoms with E-state index in [1.165, 1.54) is 0 Å². The second-order valence-corrected chi connectivity index (χ2v) is 7.19. The number of hydrogen-bond donors (Lipinski definition) is 1. The summed E-state index contributed by atoms with van der Waals surface area (Å²) in [6.45, 7) is 9.61. The van der Waals surface area contributed by atoms with E-state index in [2.05, 4.69) is 46.3 Å². The highest BCUT2D eigenvalue weighted by atomic mass is 16.2. The molecule has 3 rings (SSSR count). The third-order valence-electron chi connectivity index (χ3n) is 5.00. The topological polar surface area (TPSA) is 66.3 Å². The number of benzene rings is 1. The van der Waals surface area contributed by atoms with Crippen LogP contribution in [0.2, 0.25) is 0 Å². The summed E-state index contributed by atoms with van der Waals surface area (Å²) in [7, 11) is 2.16. The third-order valence-corrected chi connectivity index (χ3v) is 5.00. The van der Waals surface area contributed by atoms with Crippen molar-refractivity contribution in [2.75, 3.05) is 39.8 Å². The summed E-state index contributed by atoms with van der Waals surface area (Å²) in [6, 6.07) is 8.06. The first-order valence-corrected chi connectivity index (χ1v) is 9.02. The molecule has 0 spiro atoms. The van der Waals surface area contributed by atoms with Gasteiger partial charge in [-0.2, -0.15) is 0 Å². The predicted molar refractivity (Wildman–Crippen MR) is 98.2 cm³/mol. The Morgan fingerprint density at radius 2 is 1.92 bits per heavy atom. The van der Waals surface area contributed by atoms with Gasteiger partial charge in [0.1, 0.15) is 12.1 Å². The van der Waals surface area contributed by atoms with E-state index >= 15 is 0 Å². The maximum absolute atomic E-state index is 12.4. The standard InChI is InChI=1S/C18H28N6O/c1-14(2)17(23-10-8-22(3)9-11-23)12-19-18(25)13-24-16-7-5-4-6-15(16)20-21-24/h4-7,14,17H,8-13H2,1-3H3,(H,19,25)/t17-/m1/s1. The molecule has 0 radical (unpaired) electrons. The van der Waals surface area contributed by atoms with Crippen LogP contribution in [0.25, 0.3) is 11.0 Å². The number of carbonyl (C=O) groups excluding carboxylic acids is 1. The maximum atomic E-state index is 12.4. The van der Waals surface area contributed by atoms with Crippen LogP contribution in [0.3, 0.4) is 0 Å². The van der Waals surface area contributed by atoms with Crippen molar-refractivity contribution >= 4 is 16.9 Å². The summed E-state index contributed by atoms with van der Waals surface area (Å²) in [5.41, 5.74) is 1.70. The van der Waals surface area contributed by atoms with E-state index in [0.717, 1.165) is 37.2 Å². The first kappa shape index (κ1) is 17.8. The Hall–Kier alpha value is -1.99. The van der Waals surface area contributed by atoms with Gasteiger partial charge in [0, 0.05) is 38.8 Å². The fourth-order valence-corrected chi connectivity index (χ4v) is 3.38. The fraction of sp³-hybridized carbons (Fsp3) is 0.611. The van der Waals surface area contributed by atoms with Crippen LogP contribution in [-0.4, -0.2) is 76.5 Å². The first-order valence-electron chi connectivity index (χ1n) is 9.02. The van der Waals surface area contributed by atoms with E-state index in [9.17, 15) is 4.79 Å². The lowest BCUT2D eigenvalue weighted by atomic mass is 10.0. The van der Waals surface area contributed by atoms with Gasteiger partial charge in [0.15, 0.2) is 0 Å². The highest BCUT2D eigenvalue weighted by Crippen LogP contribution is 2.13. The van der Waals surface area contributed by atoms with Gasteiger partial charge in [-0.25, -0.2) is 4.68 Å². The van der Waals surface area contributed by atoms with Crippen molar-refractivity contribution in [1.82, 2.24) is 30.1 Å². The van der Waals surface area contributed by atoms with Gasteiger partial charge in [-0.05, 0) is 25.1 Å².